The maximum absolute atomic E-state index is 5.68. The first-order valence-electron chi connectivity index (χ1n) is 7.05. The van der Waals surface area contributed by atoms with Gasteiger partial charge in [0.25, 0.3) is 0 Å². The molecule has 1 saturated heterocycles. The number of anilines is 1. The summed E-state index contributed by atoms with van der Waals surface area (Å²) in [4.78, 5) is 6.98. The van der Waals surface area contributed by atoms with Crippen molar-refractivity contribution >= 4 is 11.3 Å². The van der Waals surface area contributed by atoms with Gasteiger partial charge in [-0.2, -0.15) is 0 Å². The maximum Gasteiger partial charge on any atom is 0.0660 e. The lowest BCUT2D eigenvalue weighted by atomic mass is 9.92. The fourth-order valence-electron chi connectivity index (χ4n) is 2.92. The molecular formula is C15H21N3O. The second kappa shape index (κ2) is 5.72. The highest BCUT2D eigenvalue weighted by molar-refractivity contribution is 5.64. The van der Waals surface area contributed by atoms with E-state index in [4.69, 9.17) is 10.5 Å². The smallest absolute Gasteiger partial charge is 0.0660 e. The average Bonchev–Trinajstić information content (AvgIpc) is 2.49. The Morgan fingerprint density at radius 2 is 2.11 bits per heavy atom. The minimum atomic E-state index is 0.682. The molecule has 2 aliphatic rings. The Labute approximate surface area is 114 Å². The van der Waals surface area contributed by atoms with Crippen molar-refractivity contribution in [1.29, 1.82) is 0 Å². The number of nitrogens with zero attached hydrogens (tertiary/aromatic N) is 2. The fourth-order valence-corrected chi connectivity index (χ4v) is 2.92. The second-order valence-electron chi connectivity index (χ2n) is 5.28. The van der Waals surface area contributed by atoms with E-state index in [2.05, 4.69) is 16.0 Å². The van der Waals surface area contributed by atoms with Gasteiger partial charge in [0, 0.05) is 19.1 Å². The fraction of sp³-hybridized carbons (Fsp3) is 0.533. The number of rotatable bonds is 2. The molecule has 1 aromatic rings. The molecule has 1 fully saturated rings. The zero-order chi connectivity index (χ0) is 13.1. The normalized spacial score (nSPS) is 25.1. The molecule has 2 N–H and O–H groups in total. The quantitative estimate of drug-likeness (QED) is 0.881. The van der Waals surface area contributed by atoms with Crippen molar-refractivity contribution in [3.8, 4) is 0 Å². The summed E-state index contributed by atoms with van der Waals surface area (Å²) in [7, 11) is 0. The van der Waals surface area contributed by atoms with Crippen LogP contribution in [0.25, 0.3) is 5.57 Å². The molecule has 0 amide bonds. The highest BCUT2D eigenvalue weighted by atomic mass is 16.5. The number of nitrogens with two attached hydrogens (primary N) is 1. The van der Waals surface area contributed by atoms with Crippen molar-refractivity contribution in [2.45, 2.75) is 25.3 Å². The Balaban J connectivity index is 1.64. The van der Waals surface area contributed by atoms with E-state index in [-0.39, 0.29) is 0 Å². The van der Waals surface area contributed by atoms with Gasteiger partial charge in [-0.25, -0.2) is 0 Å². The molecule has 4 nitrogen and oxygen atoms in total. The van der Waals surface area contributed by atoms with Gasteiger partial charge in [-0.05, 0) is 37.0 Å². The number of pyridine rings is 1. The lowest BCUT2D eigenvalue weighted by Gasteiger charge is -2.36. The lowest BCUT2D eigenvalue weighted by molar-refractivity contribution is 0.0150. The summed E-state index contributed by atoms with van der Waals surface area (Å²) in [5.74, 6) is 0. The van der Waals surface area contributed by atoms with Gasteiger partial charge in [0.15, 0.2) is 0 Å². The third-order valence-electron chi connectivity index (χ3n) is 4.06. The van der Waals surface area contributed by atoms with Gasteiger partial charge in [-0.3, -0.25) is 9.88 Å². The summed E-state index contributed by atoms with van der Waals surface area (Å²) in [6.07, 6.45) is 7.55. The SMILES string of the molecule is Nc1ccc(C2=CCC(N3CCOCC3)CC2)nc1. The molecule has 1 aliphatic carbocycles. The molecule has 2 heterocycles. The monoisotopic (exact) mass is 259 g/mol. The standard InChI is InChI=1S/C15H21N3O/c16-13-3-6-15(17-11-13)12-1-4-14(5-2-12)18-7-9-19-10-8-18/h1,3,6,11,14H,2,4-5,7-10,16H2. The van der Waals surface area contributed by atoms with E-state index >= 15 is 0 Å². The van der Waals surface area contributed by atoms with Crippen molar-refractivity contribution in [2.75, 3.05) is 32.0 Å². The molecule has 0 spiro atoms. The molecule has 102 valence electrons. The van der Waals surface area contributed by atoms with Crippen LogP contribution in [-0.4, -0.2) is 42.2 Å². The van der Waals surface area contributed by atoms with E-state index in [9.17, 15) is 0 Å². The zero-order valence-corrected chi connectivity index (χ0v) is 11.2. The maximum atomic E-state index is 5.68. The van der Waals surface area contributed by atoms with Crippen LogP contribution in [0.5, 0.6) is 0 Å². The van der Waals surface area contributed by atoms with Gasteiger partial charge >= 0.3 is 0 Å². The number of aromatic nitrogens is 1. The van der Waals surface area contributed by atoms with Crippen LogP contribution >= 0.6 is 0 Å². The number of morpholine rings is 1. The number of hydrogen-bond donors (Lipinski definition) is 1. The van der Waals surface area contributed by atoms with Crippen LogP contribution in [0.1, 0.15) is 25.0 Å². The molecule has 0 saturated carbocycles. The molecule has 0 bridgehead atoms. The molecule has 19 heavy (non-hydrogen) atoms. The molecule has 1 unspecified atom stereocenters. The van der Waals surface area contributed by atoms with Crippen LogP contribution in [-0.2, 0) is 4.74 Å². The van der Waals surface area contributed by atoms with E-state index in [0.717, 1.165) is 50.5 Å². The molecule has 1 atom stereocenters. The van der Waals surface area contributed by atoms with Crippen LogP contribution in [0, 0.1) is 0 Å². The van der Waals surface area contributed by atoms with Crippen molar-refractivity contribution in [2.24, 2.45) is 0 Å². The summed E-state index contributed by atoms with van der Waals surface area (Å²) in [5.41, 5.74) is 8.85. The third-order valence-corrected chi connectivity index (χ3v) is 4.06. The molecular weight excluding hydrogens is 238 g/mol. The summed E-state index contributed by atoms with van der Waals surface area (Å²) in [6, 6.07) is 4.63. The van der Waals surface area contributed by atoms with E-state index in [1.165, 1.54) is 12.0 Å². The number of nitrogen functional groups attached to an aromatic ring is 1. The van der Waals surface area contributed by atoms with Crippen molar-refractivity contribution in [3.05, 3.63) is 30.1 Å². The van der Waals surface area contributed by atoms with Crippen LogP contribution in [0.4, 0.5) is 5.69 Å². The summed E-state index contributed by atoms with van der Waals surface area (Å²) in [6.45, 7) is 3.92. The van der Waals surface area contributed by atoms with Crippen LogP contribution in [0.15, 0.2) is 24.4 Å². The van der Waals surface area contributed by atoms with Crippen molar-refractivity contribution < 1.29 is 4.74 Å². The Kier molecular flexibility index (Phi) is 3.80. The summed E-state index contributed by atoms with van der Waals surface area (Å²) >= 11 is 0. The van der Waals surface area contributed by atoms with Crippen LogP contribution in [0.3, 0.4) is 0 Å². The van der Waals surface area contributed by atoms with Gasteiger partial charge in [0.2, 0.25) is 0 Å². The topological polar surface area (TPSA) is 51.4 Å². The zero-order valence-electron chi connectivity index (χ0n) is 11.2. The van der Waals surface area contributed by atoms with Gasteiger partial charge in [-0.15, -0.1) is 0 Å². The predicted molar refractivity (Wildman–Crippen MR) is 76.7 cm³/mol. The number of allylic oxidation sites excluding steroid dienone is 1. The molecule has 0 aromatic carbocycles. The van der Waals surface area contributed by atoms with Gasteiger partial charge in [-0.1, -0.05) is 6.08 Å². The minimum Gasteiger partial charge on any atom is -0.397 e. The van der Waals surface area contributed by atoms with E-state index in [0.29, 0.717) is 6.04 Å². The molecule has 1 aromatic heterocycles. The summed E-state index contributed by atoms with van der Waals surface area (Å²) < 4.78 is 5.41. The van der Waals surface area contributed by atoms with Crippen molar-refractivity contribution in [1.82, 2.24) is 9.88 Å². The predicted octanol–water partition coefficient (Wildman–Crippen LogP) is 1.93. The van der Waals surface area contributed by atoms with E-state index < -0.39 is 0 Å². The molecule has 3 rings (SSSR count). The second-order valence-corrected chi connectivity index (χ2v) is 5.28. The Bertz CT molecular complexity index is 449. The highest BCUT2D eigenvalue weighted by Crippen LogP contribution is 2.28. The molecule has 1 aliphatic heterocycles. The van der Waals surface area contributed by atoms with E-state index in [1.54, 1.807) is 6.20 Å². The third kappa shape index (κ3) is 2.96. The molecule has 4 heteroatoms. The first kappa shape index (κ1) is 12.6. The van der Waals surface area contributed by atoms with Gasteiger partial charge in [0.1, 0.15) is 0 Å². The lowest BCUT2D eigenvalue weighted by Crippen LogP contribution is -2.43. The van der Waals surface area contributed by atoms with Gasteiger partial charge in [0.05, 0.1) is 30.8 Å². The number of ether oxygens (including phenoxy) is 1. The first-order valence-corrected chi connectivity index (χ1v) is 7.05. The Morgan fingerprint density at radius 1 is 1.26 bits per heavy atom. The highest BCUT2D eigenvalue weighted by Gasteiger charge is 2.23. The molecule has 0 radical (unpaired) electrons. The number of hydrogen-bond acceptors (Lipinski definition) is 4. The van der Waals surface area contributed by atoms with Crippen LogP contribution < -0.4 is 5.73 Å². The Morgan fingerprint density at radius 3 is 2.74 bits per heavy atom. The van der Waals surface area contributed by atoms with E-state index in [1.807, 2.05) is 12.1 Å². The van der Waals surface area contributed by atoms with Gasteiger partial charge < -0.3 is 10.5 Å². The van der Waals surface area contributed by atoms with Crippen LogP contribution in [0.2, 0.25) is 0 Å². The first-order chi connectivity index (χ1) is 9.33. The average molecular weight is 259 g/mol. The van der Waals surface area contributed by atoms with Crippen molar-refractivity contribution in [3.63, 3.8) is 0 Å². The Hall–Kier alpha value is -1.39. The summed E-state index contributed by atoms with van der Waals surface area (Å²) in [5, 5.41) is 0. The largest absolute Gasteiger partial charge is 0.397 e. The minimum absolute atomic E-state index is 0.682.